The van der Waals surface area contributed by atoms with E-state index in [1.54, 1.807) is 19.2 Å². The van der Waals surface area contributed by atoms with E-state index in [0.717, 1.165) is 24.5 Å². The first-order valence-electron chi connectivity index (χ1n) is 6.97. The average molecular weight is 279 g/mol. The van der Waals surface area contributed by atoms with Crippen LogP contribution >= 0.6 is 0 Å². The maximum Gasteiger partial charge on any atom is 0.191 e. The molecule has 1 aromatic carbocycles. The standard InChI is InChI=1S/C15H25N3O2/c1-4-16-15(18-12(2)11-20-3)17-9-8-13-6-5-7-14(19)10-13/h5-7,10,12,19H,4,8-9,11H2,1-3H3,(H2,16,17,18). The van der Waals surface area contributed by atoms with Crippen LogP contribution in [0.3, 0.4) is 0 Å². The number of guanidine groups is 1. The Bertz CT molecular complexity index is 421. The van der Waals surface area contributed by atoms with Crippen molar-refractivity contribution in [2.45, 2.75) is 26.3 Å². The fourth-order valence-corrected chi connectivity index (χ4v) is 1.85. The molecule has 0 aromatic heterocycles. The van der Waals surface area contributed by atoms with Crippen molar-refractivity contribution in [1.82, 2.24) is 10.6 Å². The Morgan fingerprint density at radius 3 is 2.90 bits per heavy atom. The summed E-state index contributed by atoms with van der Waals surface area (Å²) >= 11 is 0. The van der Waals surface area contributed by atoms with Gasteiger partial charge in [0.15, 0.2) is 5.96 Å². The smallest absolute Gasteiger partial charge is 0.191 e. The Morgan fingerprint density at radius 2 is 2.25 bits per heavy atom. The lowest BCUT2D eigenvalue weighted by atomic mass is 10.1. The first kappa shape index (κ1) is 16.3. The van der Waals surface area contributed by atoms with Crippen LogP contribution in [0.5, 0.6) is 5.75 Å². The molecule has 0 aliphatic heterocycles. The molecule has 1 atom stereocenters. The lowest BCUT2D eigenvalue weighted by molar-refractivity contribution is 0.179. The lowest BCUT2D eigenvalue weighted by Crippen LogP contribution is -2.44. The number of hydrogen-bond donors (Lipinski definition) is 3. The van der Waals surface area contributed by atoms with Crippen molar-refractivity contribution in [2.24, 2.45) is 4.99 Å². The van der Waals surface area contributed by atoms with Crippen LogP contribution in [0.25, 0.3) is 0 Å². The van der Waals surface area contributed by atoms with Crippen molar-refractivity contribution in [1.29, 1.82) is 0 Å². The molecule has 0 heterocycles. The van der Waals surface area contributed by atoms with Gasteiger partial charge in [-0.3, -0.25) is 4.99 Å². The highest BCUT2D eigenvalue weighted by atomic mass is 16.5. The molecule has 0 saturated carbocycles. The second kappa shape index (κ2) is 9.20. The number of nitrogens with zero attached hydrogens (tertiary/aromatic N) is 1. The molecule has 0 aliphatic carbocycles. The molecular weight excluding hydrogens is 254 g/mol. The Labute approximate surface area is 121 Å². The third-order valence-electron chi connectivity index (χ3n) is 2.72. The van der Waals surface area contributed by atoms with Crippen molar-refractivity contribution in [3.05, 3.63) is 29.8 Å². The first-order chi connectivity index (χ1) is 9.65. The van der Waals surface area contributed by atoms with Crippen molar-refractivity contribution >= 4 is 5.96 Å². The van der Waals surface area contributed by atoms with Gasteiger partial charge >= 0.3 is 0 Å². The molecule has 0 amide bonds. The average Bonchev–Trinajstić information content (AvgIpc) is 2.39. The van der Waals surface area contributed by atoms with E-state index < -0.39 is 0 Å². The van der Waals surface area contributed by atoms with E-state index >= 15 is 0 Å². The molecule has 0 bridgehead atoms. The molecule has 0 aliphatic rings. The van der Waals surface area contributed by atoms with Crippen LogP contribution < -0.4 is 10.6 Å². The largest absolute Gasteiger partial charge is 0.508 e. The normalized spacial score (nSPS) is 13.1. The molecule has 1 rings (SSSR count). The number of benzene rings is 1. The number of nitrogens with one attached hydrogen (secondary N) is 2. The van der Waals surface area contributed by atoms with E-state index in [2.05, 4.69) is 15.6 Å². The zero-order chi connectivity index (χ0) is 14.8. The summed E-state index contributed by atoms with van der Waals surface area (Å²) in [7, 11) is 1.68. The molecule has 0 saturated heterocycles. The number of aromatic hydroxyl groups is 1. The lowest BCUT2D eigenvalue weighted by Gasteiger charge is -2.16. The minimum Gasteiger partial charge on any atom is -0.508 e. The van der Waals surface area contributed by atoms with Crippen LogP contribution in [-0.2, 0) is 11.2 Å². The molecule has 112 valence electrons. The van der Waals surface area contributed by atoms with Gasteiger partial charge in [0.05, 0.1) is 6.61 Å². The van der Waals surface area contributed by atoms with E-state index in [4.69, 9.17) is 4.74 Å². The molecule has 5 heteroatoms. The quantitative estimate of drug-likeness (QED) is 0.523. The number of phenols is 1. The van der Waals surface area contributed by atoms with Crippen LogP contribution in [-0.4, -0.2) is 43.9 Å². The molecule has 0 fully saturated rings. The van der Waals surface area contributed by atoms with Gasteiger partial charge < -0.3 is 20.5 Å². The summed E-state index contributed by atoms with van der Waals surface area (Å²) in [6.45, 7) is 6.20. The number of aliphatic imine (C=N–C) groups is 1. The van der Waals surface area contributed by atoms with Crippen LogP contribution in [0, 0.1) is 0 Å². The predicted molar refractivity (Wildman–Crippen MR) is 82.3 cm³/mol. The van der Waals surface area contributed by atoms with Crippen molar-refractivity contribution in [3.63, 3.8) is 0 Å². The highest BCUT2D eigenvalue weighted by Crippen LogP contribution is 2.11. The van der Waals surface area contributed by atoms with E-state index in [1.165, 1.54) is 0 Å². The van der Waals surface area contributed by atoms with Gasteiger partial charge in [-0.1, -0.05) is 12.1 Å². The Kier molecular flexibility index (Phi) is 7.50. The monoisotopic (exact) mass is 279 g/mol. The number of methoxy groups -OCH3 is 1. The third kappa shape index (κ3) is 6.43. The minimum atomic E-state index is 0.207. The molecule has 20 heavy (non-hydrogen) atoms. The van der Waals surface area contributed by atoms with Crippen molar-refractivity contribution < 1.29 is 9.84 Å². The van der Waals surface area contributed by atoms with Gasteiger partial charge in [0.2, 0.25) is 0 Å². The van der Waals surface area contributed by atoms with E-state index in [9.17, 15) is 5.11 Å². The highest BCUT2D eigenvalue weighted by Gasteiger charge is 2.04. The summed E-state index contributed by atoms with van der Waals surface area (Å²) < 4.78 is 5.10. The number of rotatable bonds is 7. The topological polar surface area (TPSA) is 65.9 Å². The fraction of sp³-hybridized carbons (Fsp3) is 0.533. The van der Waals surface area contributed by atoms with Gasteiger partial charge in [-0.15, -0.1) is 0 Å². The van der Waals surface area contributed by atoms with E-state index in [0.29, 0.717) is 18.9 Å². The maximum absolute atomic E-state index is 9.41. The van der Waals surface area contributed by atoms with Gasteiger partial charge in [0.1, 0.15) is 5.75 Å². The van der Waals surface area contributed by atoms with Crippen molar-refractivity contribution in [2.75, 3.05) is 26.8 Å². The Hall–Kier alpha value is -1.75. The summed E-state index contributed by atoms with van der Waals surface area (Å²) in [5, 5.41) is 15.9. The Morgan fingerprint density at radius 1 is 1.45 bits per heavy atom. The molecule has 0 radical (unpaired) electrons. The molecule has 0 spiro atoms. The van der Waals surface area contributed by atoms with Gasteiger partial charge in [0, 0.05) is 26.2 Å². The molecule has 1 aromatic rings. The van der Waals surface area contributed by atoms with Crippen molar-refractivity contribution in [3.8, 4) is 5.75 Å². The molecular formula is C15H25N3O2. The second-order valence-electron chi connectivity index (χ2n) is 4.68. The molecule has 5 nitrogen and oxygen atoms in total. The fourth-order valence-electron chi connectivity index (χ4n) is 1.85. The van der Waals surface area contributed by atoms with Gasteiger partial charge in [-0.2, -0.15) is 0 Å². The van der Waals surface area contributed by atoms with Gasteiger partial charge in [-0.25, -0.2) is 0 Å². The summed E-state index contributed by atoms with van der Waals surface area (Å²) in [6.07, 6.45) is 0.795. The van der Waals surface area contributed by atoms with Gasteiger partial charge in [-0.05, 0) is 38.0 Å². The zero-order valence-corrected chi connectivity index (χ0v) is 12.5. The van der Waals surface area contributed by atoms with Gasteiger partial charge in [0.25, 0.3) is 0 Å². The predicted octanol–water partition coefficient (Wildman–Crippen LogP) is 1.52. The van der Waals surface area contributed by atoms with Crippen LogP contribution in [0.15, 0.2) is 29.3 Å². The molecule has 1 unspecified atom stereocenters. The first-order valence-corrected chi connectivity index (χ1v) is 6.97. The van der Waals surface area contributed by atoms with E-state index in [-0.39, 0.29) is 6.04 Å². The van der Waals surface area contributed by atoms with Crippen LogP contribution in [0.2, 0.25) is 0 Å². The summed E-state index contributed by atoms with van der Waals surface area (Å²) in [5.41, 5.74) is 1.08. The van der Waals surface area contributed by atoms with E-state index in [1.807, 2.05) is 26.0 Å². The Balaban J connectivity index is 2.49. The minimum absolute atomic E-state index is 0.207. The molecule has 3 N–H and O–H groups in total. The second-order valence-corrected chi connectivity index (χ2v) is 4.68. The van der Waals surface area contributed by atoms with Crippen LogP contribution in [0.4, 0.5) is 0 Å². The SMILES string of the molecule is CCNC(=NCCc1cccc(O)c1)NC(C)COC. The van der Waals surface area contributed by atoms with Crippen LogP contribution in [0.1, 0.15) is 19.4 Å². The summed E-state index contributed by atoms with van der Waals surface area (Å²) in [4.78, 5) is 4.52. The highest BCUT2D eigenvalue weighted by molar-refractivity contribution is 5.80. The third-order valence-corrected chi connectivity index (χ3v) is 2.72. The number of hydrogen-bond acceptors (Lipinski definition) is 3. The zero-order valence-electron chi connectivity index (χ0n) is 12.5. The number of ether oxygens (including phenoxy) is 1. The maximum atomic E-state index is 9.41. The summed E-state index contributed by atoms with van der Waals surface area (Å²) in [6, 6.07) is 7.48. The summed E-state index contributed by atoms with van der Waals surface area (Å²) in [5.74, 6) is 1.09. The number of phenolic OH excluding ortho intramolecular Hbond substituents is 1.